The Hall–Kier alpha value is -8.40. The number of aromatic nitrogens is 2. The summed E-state index contributed by atoms with van der Waals surface area (Å²) in [5, 5.41) is 4.92. The maximum Gasteiger partial charge on any atom is 0.0541 e. The van der Waals surface area contributed by atoms with Crippen LogP contribution in [0.2, 0.25) is 0 Å². The number of aryl methyl sites for hydroxylation is 1. The van der Waals surface area contributed by atoms with E-state index in [0.717, 1.165) is 39.2 Å². The van der Waals surface area contributed by atoms with Crippen molar-refractivity contribution in [3.63, 3.8) is 0 Å². The molecule has 0 radical (unpaired) electrons. The summed E-state index contributed by atoms with van der Waals surface area (Å²) in [6.45, 7) is 6.18. The quantitative estimate of drug-likeness (QED) is 0.166. The fraction of sp³-hybridized carbons (Fsp3) is 0.0476. The van der Waals surface area contributed by atoms with Crippen molar-refractivity contribution in [1.82, 2.24) is 9.13 Å². The number of allylic oxidation sites excluding steroid dienone is 4. The van der Waals surface area contributed by atoms with Gasteiger partial charge in [-0.15, -0.1) is 0 Å². The second-order valence-corrected chi connectivity index (χ2v) is 17.0. The first-order valence-corrected chi connectivity index (χ1v) is 22.8. The zero-order chi connectivity index (χ0) is 44.7. The molecular formula is C63H49N3. The van der Waals surface area contributed by atoms with Crippen LogP contribution in [0.15, 0.2) is 231 Å². The molecule has 0 atom stereocenters. The first kappa shape index (κ1) is 40.4. The Morgan fingerprint density at radius 3 is 1.52 bits per heavy atom. The molecule has 0 saturated carbocycles. The second-order valence-electron chi connectivity index (χ2n) is 17.0. The van der Waals surface area contributed by atoms with Crippen molar-refractivity contribution in [2.75, 3.05) is 0 Å². The SMILES string of the molecule is C/C=C\C=C/C.Cc1cccc2c1/C(=C(\N)c1cccc(-n3c4ccccc4c4cc(-c5ccc6c(c5)c5ccccc5n6-c5cccc(-c6ccccc6)c5)ccc43)c1)c1ccccc1-2. The maximum atomic E-state index is 7.24. The Morgan fingerprint density at radius 2 is 0.879 bits per heavy atom. The summed E-state index contributed by atoms with van der Waals surface area (Å²) in [7, 11) is 0. The van der Waals surface area contributed by atoms with Crippen molar-refractivity contribution in [3.8, 4) is 44.8 Å². The van der Waals surface area contributed by atoms with Gasteiger partial charge in [-0.05, 0) is 132 Å². The Kier molecular flexibility index (Phi) is 10.4. The van der Waals surface area contributed by atoms with Gasteiger partial charge in [-0.1, -0.05) is 170 Å². The van der Waals surface area contributed by atoms with Gasteiger partial charge in [0.2, 0.25) is 0 Å². The smallest absolute Gasteiger partial charge is 0.0541 e. The average molecular weight is 848 g/mol. The molecule has 0 fully saturated rings. The minimum atomic E-state index is 0.793. The fourth-order valence-electron chi connectivity index (χ4n) is 10.1. The lowest BCUT2D eigenvalue weighted by molar-refractivity contribution is 1.18. The molecule has 2 aromatic heterocycles. The van der Waals surface area contributed by atoms with Crippen molar-refractivity contribution < 1.29 is 0 Å². The Labute approximate surface area is 386 Å². The fourth-order valence-corrected chi connectivity index (χ4v) is 10.1. The number of nitrogens with two attached hydrogens (primary N) is 1. The van der Waals surface area contributed by atoms with Crippen LogP contribution in [-0.4, -0.2) is 9.13 Å². The predicted molar refractivity (Wildman–Crippen MR) is 282 cm³/mol. The van der Waals surface area contributed by atoms with Crippen LogP contribution in [0, 0.1) is 6.92 Å². The topological polar surface area (TPSA) is 35.9 Å². The van der Waals surface area contributed by atoms with E-state index in [-0.39, 0.29) is 0 Å². The molecule has 2 N–H and O–H groups in total. The minimum absolute atomic E-state index is 0.793. The number of para-hydroxylation sites is 2. The van der Waals surface area contributed by atoms with Gasteiger partial charge in [-0.2, -0.15) is 0 Å². The van der Waals surface area contributed by atoms with Crippen LogP contribution in [0.5, 0.6) is 0 Å². The summed E-state index contributed by atoms with van der Waals surface area (Å²) in [6, 6.07) is 74.8. The average Bonchev–Trinajstić information content (AvgIpc) is 4.02. The van der Waals surface area contributed by atoms with Crippen LogP contribution in [-0.2, 0) is 0 Å². The number of nitrogens with zero attached hydrogens (tertiary/aromatic N) is 2. The number of benzene rings is 9. The Bertz CT molecular complexity index is 3730. The van der Waals surface area contributed by atoms with Crippen molar-refractivity contribution in [3.05, 3.63) is 253 Å². The summed E-state index contributed by atoms with van der Waals surface area (Å²) in [5.41, 5.74) is 28.0. The summed E-state index contributed by atoms with van der Waals surface area (Å²) in [5.74, 6) is 0. The zero-order valence-electron chi connectivity index (χ0n) is 37.4. The maximum absolute atomic E-state index is 7.24. The van der Waals surface area contributed by atoms with Gasteiger partial charge in [0.1, 0.15) is 0 Å². The van der Waals surface area contributed by atoms with Gasteiger partial charge in [0.05, 0.1) is 22.1 Å². The summed E-state index contributed by atoms with van der Waals surface area (Å²) >= 11 is 0. The number of hydrogen-bond donors (Lipinski definition) is 1. The lowest BCUT2D eigenvalue weighted by Gasteiger charge is -2.14. The molecule has 1 aliphatic carbocycles. The van der Waals surface area contributed by atoms with Crippen LogP contribution in [0.1, 0.15) is 36.1 Å². The summed E-state index contributed by atoms with van der Waals surface area (Å²) in [6.07, 6.45) is 8.00. The van der Waals surface area contributed by atoms with E-state index >= 15 is 0 Å². The van der Waals surface area contributed by atoms with Crippen LogP contribution in [0.3, 0.4) is 0 Å². The van der Waals surface area contributed by atoms with E-state index < -0.39 is 0 Å². The highest BCUT2D eigenvalue weighted by molar-refractivity contribution is 6.13. The van der Waals surface area contributed by atoms with Gasteiger partial charge in [-0.25, -0.2) is 0 Å². The van der Waals surface area contributed by atoms with Gasteiger partial charge in [0.15, 0.2) is 0 Å². The molecule has 0 aliphatic heterocycles. The third-order valence-corrected chi connectivity index (χ3v) is 13.1. The molecule has 0 amide bonds. The highest BCUT2D eigenvalue weighted by atomic mass is 15.0. The van der Waals surface area contributed by atoms with Gasteiger partial charge < -0.3 is 14.9 Å². The lowest BCUT2D eigenvalue weighted by atomic mass is 9.95. The molecule has 12 rings (SSSR count). The molecule has 0 spiro atoms. The number of fused-ring (bicyclic) bond motifs is 9. The van der Waals surface area contributed by atoms with E-state index in [2.05, 4.69) is 222 Å². The zero-order valence-corrected chi connectivity index (χ0v) is 37.4. The Morgan fingerprint density at radius 1 is 0.394 bits per heavy atom. The molecule has 316 valence electrons. The third-order valence-electron chi connectivity index (χ3n) is 13.1. The summed E-state index contributed by atoms with van der Waals surface area (Å²) < 4.78 is 4.79. The van der Waals surface area contributed by atoms with E-state index in [1.165, 1.54) is 82.6 Å². The monoisotopic (exact) mass is 847 g/mol. The number of hydrogen-bond acceptors (Lipinski definition) is 1. The minimum Gasteiger partial charge on any atom is -0.398 e. The molecule has 3 nitrogen and oxygen atoms in total. The molecular weight excluding hydrogens is 799 g/mol. The van der Waals surface area contributed by atoms with E-state index in [0.29, 0.717) is 0 Å². The molecule has 11 aromatic rings. The van der Waals surface area contributed by atoms with E-state index in [1.807, 2.05) is 38.2 Å². The van der Waals surface area contributed by atoms with Crippen LogP contribution in [0.4, 0.5) is 0 Å². The van der Waals surface area contributed by atoms with E-state index in [1.54, 1.807) is 0 Å². The first-order chi connectivity index (χ1) is 32.5. The predicted octanol–water partition coefficient (Wildman–Crippen LogP) is 16.5. The molecule has 0 bridgehead atoms. The molecule has 3 heteroatoms. The molecule has 1 aliphatic rings. The van der Waals surface area contributed by atoms with Crippen molar-refractivity contribution in [2.45, 2.75) is 20.8 Å². The van der Waals surface area contributed by atoms with E-state index in [4.69, 9.17) is 5.73 Å². The summed E-state index contributed by atoms with van der Waals surface area (Å²) in [4.78, 5) is 0. The molecule has 66 heavy (non-hydrogen) atoms. The van der Waals surface area contributed by atoms with Gasteiger partial charge >= 0.3 is 0 Å². The molecule has 0 unspecified atom stereocenters. The van der Waals surface area contributed by atoms with Gasteiger partial charge in [-0.3, -0.25) is 0 Å². The standard InChI is InChI=1S/C57H39N3.C6H10/c1-36-14-11-25-47-44-21-5-6-24-48(44)56(55(36)47)57(58)41-18-13-20-43(33-41)60-52-27-10-8-23-46(52)50-35-40(29-31-54(50)60)39-28-30-53-49(34-39)45-22-7-9-26-51(45)59(53)42-19-12-17-38(32-42)37-15-3-2-4-16-37;1-3-5-6-4-2/h2-35H,58H2,1H3;3-6H,1-2H3/b57-56-;5-3-,6-4-. The third kappa shape index (κ3) is 6.85. The van der Waals surface area contributed by atoms with Crippen LogP contribution in [0.25, 0.3) is 99.6 Å². The second kappa shape index (κ2) is 17.0. The van der Waals surface area contributed by atoms with Crippen molar-refractivity contribution >= 4 is 54.9 Å². The van der Waals surface area contributed by atoms with Crippen LogP contribution >= 0.6 is 0 Å². The molecule has 2 heterocycles. The van der Waals surface area contributed by atoms with Gasteiger partial charge in [0, 0.05) is 49.8 Å². The Balaban J connectivity index is 0.000000755. The van der Waals surface area contributed by atoms with E-state index in [9.17, 15) is 0 Å². The number of rotatable bonds is 6. The first-order valence-electron chi connectivity index (χ1n) is 22.8. The normalized spacial score (nSPS) is 12.9. The molecule has 0 saturated heterocycles. The highest BCUT2D eigenvalue weighted by Gasteiger charge is 2.27. The van der Waals surface area contributed by atoms with Crippen molar-refractivity contribution in [1.29, 1.82) is 0 Å². The highest BCUT2D eigenvalue weighted by Crippen LogP contribution is 2.48. The molecule has 9 aromatic carbocycles. The lowest BCUT2D eigenvalue weighted by Crippen LogP contribution is -2.03. The van der Waals surface area contributed by atoms with Crippen LogP contribution < -0.4 is 5.73 Å². The van der Waals surface area contributed by atoms with Crippen molar-refractivity contribution in [2.24, 2.45) is 5.73 Å². The largest absolute Gasteiger partial charge is 0.398 e. The van der Waals surface area contributed by atoms with Gasteiger partial charge in [0.25, 0.3) is 0 Å².